The first kappa shape index (κ1) is 15.1. The number of thioether (sulfide) groups is 1. The monoisotopic (exact) mass is 330 g/mol. The lowest BCUT2D eigenvalue weighted by Gasteiger charge is -2.23. The van der Waals surface area contributed by atoms with Crippen molar-refractivity contribution in [2.75, 3.05) is 6.26 Å². The zero-order valence-electron chi connectivity index (χ0n) is 12.0. The van der Waals surface area contributed by atoms with Gasteiger partial charge >= 0.3 is 0 Å². The minimum atomic E-state index is -0.0653. The molecule has 1 aliphatic rings. The van der Waals surface area contributed by atoms with Gasteiger partial charge in [-0.25, -0.2) is 5.43 Å². The highest BCUT2D eigenvalue weighted by molar-refractivity contribution is 7.98. The Morgan fingerprint density at radius 1 is 1.14 bits per heavy atom. The predicted molar refractivity (Wildman–Crippen MR) is 91.7 cm³/mol. The summed E-state index contributed by atoms with van der Waals surface area (Å²) in [5.41, 5.74) is 5.55. The Kier molecular flexibility index (Phi) is 4.50. The highest BCUT2D eigenvalue weighted by Gasteiger charge is 2.27. The maximum atomic E-state index is 11.7. The van der Waals surface area contributed by atoms with E-state index in [-0.39, 0.29) is 11.8 Å². The van der Waals surface area contributed by atoms with E-state index in [4.69, 9.17) is 11.6 Å². The van der Waals surface area contributed by atoms with Gasteiger partial charge in [0.15, 0.2) is 0 Å². The number of benzene rings is 2. The van der Waals surface area contributed by atoms with Gasteiger partial charge in [-0.3, -0.25) is 4.79 Å². The van der Waals surface area contributed by atoms with E-state index in [1.165, 1.54) is 4.90 Å². The van der Waals surface area contributed by atoms with Gasteiger partial charge in [-0.1, -0.05) is 35.9 Å². The van der Waals surface area contributed by atoms with Crippen molar-refractivity contribution in [3.05, 3.63) is 64.7 Å². The number of amides is 1. The highest BCUT2D eigenvalue weighted by atomic mass is 35.5. The van der Waals surface area contributed by atoms with E-state index in [0.717, 1.165) is 16.8 Å². The fraction of sp³-hybridized carbons (Fsp3) is 0.176. The smallest absolute Gasteiger partial charge is 0.241 e. The van der Waals surface area contributed by atoms with E-state index in [1.54, 1.807) is 11.8 Å². The summed E-state index contributed by atoms with van der Waals surface area (Å²) in [5, 5.41) is 4.98. The molecule has 1 unspecified atom stereocenters. The molecule has 0 spiro atoms. The van der Waals surface area contributed by atoms with Crippen molar-refractivity contribution in [3.63, 3.8) is 0 Å². The van der Waals surface area contributed by atoms with Crippen LogP contribution in [0.15, 0.2) is 58.5 Å². The number of carbonyl (C=O) groups excluding carboxylic acids is 1. The van der Waals surface area contributed by atoms with Crippen LogP contribution < -0.4 is 5.43 Å². The molecule has 1 heterocycles. The first-order valence-corrected chi connectivity index (χ1v) is 8.54. The van der Waals surface area contributed by atoms with Gasteiger partial charge in [0, 0.05) is 22.3 Å². The molecule has 2 aromatic carbocycles. The molecule has 0 radical (unpaired) electrons. The van der Waals surface area contributed by atoms with Crippen LogP contribution in [0.4, 0.5) is 0 Å². The van der Waals surface area contributed by atoms with Gasteiger partial charge in [0.25, 0.3) is 0 Å². The molecule has 112 valence electrons. The second-order valence-corrected chi connectivity index (χ2v) is 6.38. The zero-order valence-corrected chi connectivity index (χ0v) is 13.6. The summed E-state index contributed by atoms with van der Waals surface area (Å²) in [6.07, 6.45) is 2.44. The number of nitrogens with zero attached hydrogens (tertiary/aromatic N) is 1. The number of hydrogen-bond acceptors (Lipinski definition) is 3. The van der Waals surface area contributed by atoms with Crippen molar-refractivity contribution >= 4 is 35.0 Å². The third kappa shape index (κ3) is 3.18. The minimum Gasteiger partial charge on any atom is -0.273 e. The Labute approximate surface area is 138 Å². The summed E-state index contributed by atoms with van der Waals surface area (Å²) in [6.45, 7) is 0. The Hall–Kier alpha value is -1.78. The van der Waals surface area contributed by atoms with Crippen molar-refractivity contribution in [3.8, 4) is 0 Å². The summed E-state index contributed by atoms with van der Waals surface area (Å²) < 4.78 is 0. The van der Waals surface area contributed by atoms with Crippen LogP contribution in [0.1, 0.15) is 23.5 Å². The SMILES string of the molecule is CSc1ccc(C2=NNC(=O)CC2c2ccc(Cl)cc2)cc1. The number of rotatable bonds is 3. The van der Waals surface area contributed by atoms with Crippen LogP contribution in [-0.2, 0) is 4.79 Å². The van der Waals surface area contributed by atoms with Gasteiger partial charge in [-0.2, -0.15) is 5.10 Å². The molecule has 0 aromatic heterocycles. The average Bonchev–Trinajstić information content (AvgIpc) is 2.56. The number of hydrogen-bond donors (Lipinski definition) is 1. The van der Waals surface area contributed by atoms with Crippen LogP contribution in [0.3, 0.4) is 0 Å². The normalized spacial score (nSPS) is 17.8. The minimum absolute atomic E-state index is 0.0499. The Balaban J connectivity index is 1.98. The molecule has 1 N–H and O–H groups in total. The molecule has 3 rings (SSSR count). The Morgan fingerprint density at radius 3 is 2.45 bits per heavy atom. The molecule has 1 amide bonds. The summed E-state index contributed by atoms with van der Waals surface area (Å²) in [4.78, 5) is 12.9. The van der Waals surface area contributed by atoms with Crippen molar-refractivity contribution in [1.82, 2.24) is 5.43 Å². The summed E-state index contributed by atoms with van der Waals surface area (Å²) in [6, 6.07) is 15.8. The molecule has 1 aliphatic heterocycles. The number of nitrogens with one attached hydrogen (secondary N) is 1. The fourth-order valence-corrected chi connectivity index (χ4v) is 3.06. The van der Waals surface area contributed by atoms with Gasteiger partial charge in [0.1, 0.15) is 0 Å². The summed E-state index contributed by atoms with van der Waals surface area (Å²) in [5.74, 6) is -0.115. The molecule has 2 aromatic rings. The molecule has 3 nitrogen and oxygen atoms in total. The van der Waals surface area contributed by atoms with E-state index in [1.807, 2.05) is 42.7 Å². The zero-order chi connectivity index (χ0) is 15.5. The lowest BCUT2D eigenvalue weighted by molar-refractivity contribution is -0.121. The highest BCUT2D eigenvalue weighted by Crippen LogP contribution is 2.29. The molecule has 0 fully saturated rings. The standard InChI is InChI=1S/C17H15ClN2OS/c1-22-14-8-4-12(5-9-14)17-15(10-16(21)19-20-17)11-2-6-13(18)7-3-11/h2-9,15H,10H2,1H3,(H,19,21). The molecule has 5 heteroatoms. The van der Waals surface area contributed by atoms with Crippen molar-refractivity contribution < 1.29 is 4.79 Å². The molecular weight excluding hydrogens is 316 g/mol. The van der Waals surface area contributed by atoms with Crippen molar-refractivity contribution in [1.29, 1.82) is 0 Å². The van der Waals surface area contributed by atoms with Gasteiger partial charge in [-0.15, -0.1) is 11.8 Å². The summed E-state index contributed by atoms with van der Waals surface area (Å²) in [7, 11) is 0. The molecule has 0 aliphatic carbocycles. The summed E-state index contributed by atoms with van der Waals surface area (Å²) >= 11 is 7.65. The van der Waals surface area contributed by atoms with Gasteiger partial charge in [-0.05, 0) is 41.6 Å². The molecule has 0 bridgehead atoms. The van der Waals surface area contributed by atoms with Crippen molar-refractivity contribution in [2.45, 2.75) is 17.2 Å². The topological polar surface area (TPSA) is 41.5 Å². The number of hydrazone groups is 1. The lowest BCUT2D eigenvalue weighted by atomic mass is 9.86. The van der Waals surface area contributed by atoms with Gasteiger partial charge in [0.05, 0.1) is 5.71 Å². The third-order valence-electron chi connectivity index (χ3n) is 3.68. The molecule has 0 saturated heterocycles. The maximum absolute atomic E-state index is 11.7. The fourth-order valence-electron chi connectivity index (χ4n) is 2.53. The Morgan fingerprint density at radius 2 is 1.82 bits per heavy atom. The Bertz CT molecular complexity index is 710. The van der Waals surface area contributed by atoms with E-state index in [2.05, 4.69) is 22.7 Å². The number of halogens is 1. The molecule has 1 atom stereocenters. The van der Waals surface area contributed by atoms with E-state index >= 15 is 0 Å². The van der Waals surface area contributed by atoms with Crippen LogP contribution in [0.5, 0.6) is 0 Å². The van der Waals surface area contributed by atoms with Gasteiger partial charge in [0.2, 0.25) is 5.91 Å². The lowest BCUT2D eigenvalue weighted by Crippen LogP contribution is -2.32. The van der Waals surface area contributed by atoms with E-state index in [9.17, 15) is 4.79 Å². The van der Waals surface area contributed by atoms with Gasteiger partial charge < -0.3 is 0 Å². The maximum Gasteiger partial charge on any atom is 0.241 e. The number of carbonyl (C=O) groups is 1. The first-order valence-electron chi connectivity index (χ1n) is 6.93. The quantitative estimate of drug-likeness (QED) is 0.862. The van der Waals surface area contributed by atoms with Crippen LogP contribution in [0, 0.1) is 0 Å². The average molecular weight is 331 g/mol. The van der Waals surface area contributed by atoms with E-state index < -0.39 is 0 Å². The molecule has 0 saturated carbocycles. The van der Waals surface area contributed by atoms with Crippen LogP contribution >= 0.6 is 23.4 Å². The second-order valence-electron chi connectivity index (χ2n) is 5.07. The largest absolute Gasteiger partial charge is 0.273 e. The second kappa shape index (κ2) is 6.55. The van der Waals surface area contributed by atoms with Crippen molar-refractivity contribution in [2.24, 2.45) is 5.10 Å². The third-order valence-corrected chi connectivity index (χ3v) is 4.67. The first-order chi connectivity index (χ1) is 10.7. The molecule has 22 heavy (non-hydrogen) atoms. The van der Waals surface area contributed by atoms with E-state index in [0.29, 0.717) is 11.4 Å². The molecular formula is C17H15ClN2OS. The van der Waals surface area contributed by atoms with Crippen LogP contribution in [0.25, 0.3) is 0 Å². The predicted octanol–water partition coefficient (Wildman–Crippen LogP) is 4.07. The van der Waals surface area contributed by atoms with Crippen LogP contribution in [-0.4, -0.2) is 17.9 Å². The van der Waals surface area contributed by atoms with Crippen LogP contribution in [0.2, 0.25) is 5.02 Å².